The summed E-state index contributed by atoms with van der Waals surface area (Å²) in [6.45, 7) is 4.60. The minimum absolute atomic E-state index is 0.103. The maximum Gasteiger partial charge on any atom is 0.308 e. The van der Waals surface area contributed by atoms with E-state index in [1.165, 1.54) is 0 Å². The van der Waals surface area contributed by atoms with Crippen molar-refractivity contribution in [2.24, 2.45) is 5.92 Å². The first-order valence-electron chi connectivity index (χ1n) is 10.6. The fourth-order valence-electron chi connectivity index (χ4n) is 3.79. The van der Waals surface area contributed by atoms with Gasteiger partial charge in [-0.1, -0.05) is 85.8 Å². The molecule has 4 aromatic rings. The number of nitrogens with zero attached hydrogens (tertiary/aromatic N) is 1. The molecule has 1 heterocycles. The Kier molecular flexibility index (Phi) is 6.60. The number of fused-ring (bicyclic) bond motifs is 1. The van der Waals surface area contributed by atoms with Crippen LogP contribution in [0, 0.1) is 5.92 Å². The molecule has 0 amide bonds. The number of hydrogen-bond acceptors (Lipinski definition) is 4. The zero-order valence-electron chi connectivity index (χ0n) is 18.1. The summed E-state index contributed by atoms with van der Waals surface area (Å²) in [6, 6.07) is 24.0. The molecule has 1 N–H and O–H groups in total. The van der Waals surface area contributed by atoms with Crippen molar-refractivity contribution >= 4 is 31.6 Å². The average Bonchev–Trinajstić information content (AvgIpc) is 3.08. The van der Waals surface area contributed by atoms with Crippen LogP contribution in [0.2, 0.25) is 0 Å². The van der Waals surface area contributed by atoms with Crippen molar-refractivity contribution in [1.29, 1.82) is 0 Å². The highest BCUT2D eigenvalue weighted by Gasteiger charge is 2.23. The molecule has 166 valence electrons. The molecule has 0 aliphatic heterocycles. The number of benzene rings is 3. The summed E-state index contributed by atoms with van der Waals surface area (Å²) in [6.07, 6.45) is 0.687. The Bertz CT molecular complexity index is 1360. The number of aromatic nitrogens is 1. The molecule has 5 nitrogen and oxygen atoms in total. The van der Waals surface area contributed by atoms with Crippen LogP contribution >= 0.6 is 11.3 Å². The highest BCUT2D eigenvalue weighted by atomic mass is 32.2. The molecule has 1 atom stereocenters. The molecule has 0 unspecified atom stereocenters. The Hall–Kier alpha value is -2.74. The Morgan fingerprint density at radius 3 is 2.25 bits per heavy atom. The molecule has 0 spiro atoms. The van der Waals surface area contributed by atoms with Gasteiger partial charge in [0.2, 0.25) is 10.0 Å². The fraction of sp³-hybridized carbons (Fsp3) is 0.240. The van der Waals surface area contributed by atoms with Gasteiger partial charge in [0, 0.05) is 6.04 Å². The van der Waals surface area contributed by atoms with Gasteiger partial charge in [0.05, 0.1) is 21.7 Å². The van der Waals surface area contributed by atoms with Gasteiger partial charge in [0.1, 0.15) is 0 Å². The van der Waals surface area contributed by atoms with Crippen molar-refractivity contribution in [1.82, 2.24) is 9.29 Å². The van der Waals surface area contributed by atoms with E-state index in [0.29, 0.717) is 23.6 Å². The van der Waals surface area contributed by atoms with Crippen LogP contribution in [0.5, 0.6) is 0 Å². The average molecular weight is 467 g/mol. The Morgan fingerprint density at radius 2 is 1.59 bits per heavy atom. The minimum Gasteiger partial charge on any atom is -0.294 e. The van der Waals surface area contributed by atoms with Gasteiger partial charge >= 0.3 is 4.87 Å². The van der Waals surface area contributed by atoms with Crippen molar-refractivity contribution in [3.63, 3.8) is 0 Å². The molecule has 0 radical (unpaired) electrons. The minimum atomic E-state index is -3.76. The number of rotatable bonds is 8. The third-order valence-electron chi connectivity index (χ3n) is 5.34. The summed E-state index contributed by atoms with van der Waals surface area (Å²) in [5.74, 6) is 0.322. The zero-order chi connectivity index (χ0) is 22.7. The second-order valence-corrected chi connectivity index (χ2v) is 11.0. The summed E-state index contributed by atoms with van der Waals surface area (Å²) >= 11 is 1.07. The first-order valence-corrected chi connectivity index (χ1v) is 12.9. The molecular weight excluding hydrogens is 440 g/mol. The standard InChI is InChI=1S/C25H26N2O3S2/c1-18(2)15-22(20-11-7-4-8-12-20)26-32(29,30)21-13-14-23-24(16-21)31-25(28)27(23)17-19-9-5-3-6-10-19/h3-14,16,18,22,26H,15,17H2,1-2H3/t22-/m1/s1. The van der Waals surface area contributed by atoms with E-state index in [-0.39, 0.29) is 15.8 Å². The van der Waals surface area contributed by atoms with E-state index in [2.05, 4.69) is 18.6 Å². The van der Waals surface area contributed by atoms with Gasteiger partial charge < -0.3 is 0 Å². The van der Waals surface area contributed by atoms with Crippen LogP contribution in [0.4, 0.5) is 0 Å². The SMILES string of the molecule is CC(C)C[C@@H](NS(=O)(=O)c1ccc2c(c1)sc(=O)n2Cc1ccccc1)c1ccccc1. The second kappa shape index (κ2) is 9.40. The lowest BCUT2D eigenvalue weighted by Gasteiger charge is -2.21. The van der Waals surface area contributed by atoms with Crippen LogP contribution in [0.3, 0.4) is 0 Å². The van der Waals surface area contributed by atoms with Gasteiger partial charge in [-0.2, -0.15) is 0 Å². The molecule has 0 bridgehead atoms. The van der Waals surface area contributed by atoms with Crippen molar-refractivity contribution in [2.45, 2.75) is 37.8 Å². The lowest BCUT2D eigenvalue weighted by molar-refractivity contribution is 0.472. The fourth-order valence-corrected chi connectivity index (χ4v) is 6.06. The van der Waals surface area contributed by atoms with Crippen LogP contribution in [0.15, 0.2) is 88.6 Å². The molecule has 1 aromatic heterocycles. The molecule has 0 fully saturated rings. The van der Waals surface area contributed by atoms with Crippen molar-refractivity contribution < 1.29 is 8.42 Å². The second-order valence-electron chi connectivity index (χ2n) is 8.28. The number of hydrogen-bond donors (Lipinski definition) is 1. The molecule has 4 rings (SSSR count). The Morgan fingerprint density at radius 1 is 0.938 bits per heavy atom. The summed E-state index contributed by atoms with van der Waals surface area (Å²) in [4.78, 5) is 12.7. The molecule has 0 aliphatic carbocycles. The summed E-state index contributed by atoms with van der Waals surface area (Å²) in [7, 11) is -3.76. The summed E-state index contributed by atoms with van der Waals surface area (Å²) in [5.41, 5.74) is 2.70. The lowest BCUT2D eigenvalue weighted by Crippen LogP contribution is -2.29. The third kappa shape index (κ3) is 5.01. The number of sulfonamides is 1. The quantitative estimate of drug-likeness (QED) is 0.389. The molecule has 0 aliphatic rings. The van der Waals surface area contributed by atoms with E-state index in [4.69, 9.17) is 0 Å². The van der Waals surface area contributed by atoms with Gasteiger partial charge in [-0.3, -0.25) is 9.36 Å². The van der Waals surface area contributed by atoms with Crippen LogP contribution in [-0.2, 0) is 16.6 Å². The molecule has 0 saturated carbocycles. The third-order valence-corrected chi connectivity index (χ3v) is 7.75. The largest absolute Gasteiger partial charge is 0.308 e. The van der Waals surface area contributed by atoms with Crippen LogP contribution in [-0.4, -0.2) is 13.0 Å². The highest BCUT2D eigenvalue weighted by Crippen LogP contribution is 2.26. The Labute approximate surface area is 192 Å². The van der Waals surface area contributed by atoms with Gasteiger partial charge in [0.15, 0.2) is 0 Å². The Balaban J connectivity index is 1.65. The van der Waals surface area contributed by atoms with Crippen LogP contribution < -0.4 is 9.60 Å². The zero-order valence-corrected chi connectivity index (χ0v) is 19.7. The smallest absolute Gasteiger partial charge is 0.294 e. The monoisotopic (exact) mass is 466 g/mol. The van der Waals surface area contributed by atoms with E-state index >= 15 is 0 Å². The predicted molar refractivity (Wildman–Crippen MR) is 131 cm³/mol. The maximum absolute atomic E-state index is 13.2. The van der Waals surface area contributed by atoms with E-state index < -0.39 is 10.0 Å². The van der Waals surface area contributed by atoms with Crippen LogP contribution in [0.25, 0.3) is 10.2 Å². The molecule has 32 heavy (non-hydrogen) atoms. The van der Waals surface area contributed by atoms with Gasteiger partial charge in [-0.15, -0.1) is 0 Å². The summed E-state index contributed by atoms with van der Waals surface area (Å²) in [5, 5.41) is 0. The topological polar surface area (TPSA) is 68.2 Å². The summed E-state index contributed by atoms with van der Waals surface area (Å²) < 4.78 is 31.7. The number of nitrogens with one attached hydrogen (secondary N) is 1. The molecular formula is C25H26N2O3S2. The van der Waals surface area contributed by atoms with Crippen LogP contribution in [0.1, 0.15) is 37.4 Å². The van der Waals surface area contributed by atoms with Gasteiger partial charge in [0.25, 0.3) is 0 Å². The van der Waals surface area contributed by atoms with Crippen molar-refractivity contribution in [2.75, 3.05) is 0 Å². The first kappa shape index (κ1) is 22.5. The van der Waals surface area contributed by atoms with E-state index in [1.54, 1.807) is 22.8 Å². The molecule has 7 heteroatoms. The molecule has 0 saturated heterocycles. The lowest BCUT2D eigenvalue weighted by atomic mass is 9.98. The van der Waals surface area contributed by atoms with E-state index in [1.807, 2.05) is 60.7 Å². The predicted octanol–water partition coefficient (Wildman–Crippen LogP) is 5.18. The first-order chi connectivity index (χ1) is 15.3. The van der Waals surface area contributed by atoms with Gasteiger partial charge in [-0.25, -0.2) is 13.1 Å². The van der Waals surface area contributed by atoms with Crippen molar-refractivity contribution in [3.05, 3.63) is 99.7 Å². The highest BCUT2D eigenvalue weighted by molar-refractivity contribution is 7.89. The number of thiazole rings is 1. The van der Waals surface area contributed by atoms with Crippen molar-refractivity contribution in [3.8, 4) is 0 Å². The normalized spacial score (nSPS) is 13.0. The van der Waals surface area contributed by atoms with E-state index in [9.17, 15) is 13.2 Å². The van der Waals surface area contributed by atoms with E-state index in [0.717, 1.165) is 28.0 Å². The molecule has 3 aromatic carbocycles. The van der Waals surface area contributed by atoms with Gasteiger partial charge in [-0.05, 0) is 41.7 Å². The maximum atomic E-state index is 13.2.